The molecule has 0 saturated heterocycles. The second-order valence-corrected chi connectivity index (χ2v) is 7.26. The Morgan fingerprint density at radius 1 is 1.04 bits per heavy atom. The Kier molecular flexibility index (Phi) is 7.70. The van der Waals surface area contributed by atoms with Gasteiger partial charge in [0.2, 0.25) is 11.8 Å². The summed E-state index contributed by atoms with van der Waals surface area (Å²) >= 11 is 0. The first-order valence-electron chi connectivity index (χ1n) is 7.73. The molecule has 0 aromatic rings. The summed E-state index contributed by atoms with van der Waals surface area (Å²) in [5.74, 6) is -1.32. The number of nitrogens with zero attached hydrogens (tertiary/aromatic N) is 2. The number of rotatable bonds is 6. The summed E-state index contributed by atoms with van der Waals surface area (Å²) in [4.78, 5) is 39.4. The zero-order valence-corrected chi connectivity index (χ0v) is 15.5. The highest BCUT2D eigenvalue weighted by molar-refractivity contribution is 5.92. The second kappa shape index (κ2) is 8.29. The maximum Gasteiger partial charge on any atom is 0.308 e. The van der Waals surface area contributed by atoms with E-state index in [4.69, 9.17) is 10.5 Å². The Morgan fingerprint density at radius 2 is 1.52 bits per heavy atom. The minimum absolute atomic E-state index is 0.0680. The van der Waals surface area contributed by atoms with Gasteiger partial charge in [-0.25, -0.2) is 0 Å². The molecule has 0 aromatic heterocycles. The van der Waals surface area contributed by atoms with Gasteiger partial charge in [-0.1, -0.05) is 13.8 Å². The van der Waals surface area contributed by atoms with Crippen LogP contribution in [0, 0.1) is 5.92 Å². The quantitative estimate of drug-likeness (QED) is 0.721. The fourth-order valence-corrected chi connectivity index (χ4v) is 1.90. The predicted octanol–water partition coefficient (Wildman–Crippen LogP) is 0.617. The minimum atomic E-state index is -0.933. The van der Waals surface area contributed by atoms with Crippen molar-refractivity contribution in [1.29, 1.82) is 0 Å². The fraction of sp³-hybridized carbons (Fsp3) is 0.812. The third-order valence-corrected chi connectivity index (χ3v) is 3.32. The molecule has 0 rings (SSSR count). The first-order chi connectivity index (χ1) is 10.3. The predicted molar refractivity (Wildman–Crippen MR) is 88.5 cm³/mol. The van der Waals surface area contributed by atoms with Crippen LogP contribution in [0.25, 0.3) is 0 Å². The van der Waals surface area contributed by atoms with Crippen LogP contribution in [-0.2, 0) is 19.1 Å². The molecule has 134 valence electrons. The molecule has 0 unspecified atom stereocenters. The molecule has 0 spiro atoms. The molecule has 23 heavy (non-hydrogen) atoms. The lowest BCUT2D eigenvalue weighted by Gasteiger charge is -2.32. The lowest BCUT2D eigenvalue weighted by Crippen LogP contribution is -2.54. The van der Waals surface area contributed by atoms with Crippen molar-refractivity contribution in [3.05, 3.63) is 0 Å². The van der Waals surface area contributed by atoms with Crippen molar-refractivity contribution in [2.45, 2.75) is 58.7 Å². The van der Waals surface area contributed by atoms with Crippen molar-refractivity contribution >= 4 is 17.8 Å². The number of carbonyl (C=O) groups is 3. The van der Waals surface area contributed by atoms with E-state index in [1.807, 2.05) is 13.8 Å². The van der Waals surface area contributed by atoms with Crippen LogP contribution in [0.3, 0.4) is 0 Å². The van der Waals surface area contributed by atoms with Gasteiger partial charge in [-0.15, -0.1) is 0 Å². The highest BCUT2D eigenvalue weighted by Gasteiger charge is 2.34. The van der Waals surface area contributed by atoms with Crippen LogP contribution in [0.4, 0.5) is 0 Å². The van der Waals surface area contributed by atoms with Crippen molar-refractivity contribution < 1.29 is 19.1 Å². The van der Waals surface area contributed by atoms with Crippen molar-refractivity contribution in [3.8, 4) is 0 Å². The van der Waals surface area contributed by atoms with Crippen LogP contribution < -0.4 is 5.73 Å². The summed E-state index contributed by atoms with van der Waals surface area (Å²) < 4.78 is 5.26. The van der Waals surface area contributed by atoms with Crippen LogP contribution in [0.5, 0.6) is 0 Å². The summed E-state index contributed by atoms with van der Waals surface area (Å²) in [6, 6.07) is -1.66. The second-order valence-electron chi connectivity index (χ2n) is 7.26. The number of hydrogen-bond acceptors (Lipinski definition) is 5. The van der Waals surface area contributed by atoms with Gasteiger partial charge in [0, 0.05) is 21.1 Å². The third kappa shape index (κ3) is 6.99. The van der Waals surface area contributed by atoms with Crippen molar-refractivity contribution in [2.24, 2.45) is 11.7 Å². The molecule has 7 heteroatoms. The van der Waals surface area contributed by atoms with Gasteiger partial charge in [0.05, 0.1) is 12.5 Å². The number of nitrogens with two attached hydrogens (primary N) is 1. The highest BCUT2D eigenvalue weighted by Crippen LogP contribution is 2.14. The molecule has 2 amide bonds. The third-order valence-electron chi connectivity index (χ3n) is 3.32. The molecule has 0 heterocycles. The number of ether oxygens (including phenoxy) is 1. The van der Waals surface area contributed by atoms with Crippen molar-refractivity contribution in [3.63, 3.8) is 0 Å². The van der Waals surface area contributed by atoms with Crippen LogP contribution in [-0.4, -0.2) is 66.4 Å². The van der Waals surface area contributed by atoms with Crippen molar-refractivity contribution in [2.75, 3.05) is 21.1 Å². The van der Waals surface area contributed by atoms with Gasteiger partial charge < -0.3 is 20.3 Å². The molecule has 0 saturated carbocycles. The Balaban J connectivity index is 5.27. The zero-order chi connectivity index (χ0) is 18.5. The monoisotopic (exact) mass is 329 g/mol. The topological polar surface area (TPSA) is 92.9 Å². The lowest BCUT2D eigenvalue weighted by atomic mass is 10.0. The lowest BCUT2D eigenvalue weighted by molar-refractivity contribution is -0.159. The molecule has 0 aliphatic rings. The SMILES string of the molecule is CC(C)[C@H](N)C(=O)N(C)[C@@H](CC(=O)OC(C)(C)C)C(=O)N(C)C. The standard InChI is InChI=1S/C16H31N3O4/c1-10(2)13(17)15(22)19(8)11(14(21)18(6)7)9-12(20)23-16(3,4)5/h10-11,13H,9,17H2,1-8H3/t11-,13-/m0/s1. The number of likely N-dealkylation sites (N-methyl/N-ethyl adjacent to an activating group) is 2. The van der Waals surface area contributed by atoms with Crippen molar-refractivity contribution in [1.82, 2.24) is 9.80 Å². The Labute approximate surface area is 139 Å². The molecule has 2 atom stereocenters. The largest absolute Gasteiger partial charge is 0.460 e. The van der Waals surface area contributed by atoms with Gasteiger partial charge in [0.1, 0.15) is 11.6 Å². The number of esters is 1. The van der Waals surface area contributed by atoms with E-state index >= 15 is 0 Å². The van der Waals surface area contributed by atoms with E-state index in [1.165, 1.54) is 16.8 Å². The van der Waals surface area contributed by atoms with E-state index in [0.717, 1.165) is 0 Å². The molecule has 0 aromatic carbocycles. The van der Waals surface area contributed by atoms with Crippen LogP contribution >= 0.6 is 0 Å². The summed E-state index contributed by atoms with van der Waals surface area (Å²) in [5.41, 5.74) is 5.22. The first kappa shape index (κ1) is 21.4. The average Bonchev–Trinajstić information content (AvgIpc) is 2.39. The van der Waals surface area contributed by atoms with E-state index < -0.39 is 23.7 Å². The Morgan fingerprint density at radius 3 is 1.87 bits per heavy atom. The Bertz CT molecular complexity index is 441. The van der Waals surface area contributed by atoms with Crippen LogP contribution in [0.1, 0.15) is 41.0 Å². The molecule has 0 aliphatic carbocycles. The minimum Gasteiger partial charge on any atom is -0.460 e. The molecule has 0 bridgehead atoms. The van der Waals surface area contributed by atoms with Gasteiger partial charge in [0.25, 0.3) is 0 Å². The van der Waals surface area contributed by atoms with Gasteiger partial charge in [-0.05, 0) is 26.7 Å². The number of carbonyl (C=O) groups excluding carboxylic acids is 3. The number of amides is 2. The Hall–Kier alpha value is -1.63. The molecule has 2 N–H and O–H groups in total. The molecular formula is C16H31N3O4. The van der Waals surface area contributed by atoms with E-state index in [2.05, 4.69) is 0 Å². The maximum atomic E-state index is 12.4. The normalized spacial score (nSPS) is 14.2. The summed E-state index contributed by atoms with van der Waals surface area (Å²) in [6.07, 6.45) is -0.207. The van der Waals surface area contributed by atoms with E-state index in [9.17, 15) is 14.4 Å². The summed E-state index contributed by atoms with van der Waals surface area (Å²) in [7, 11) is 4.64. The smallest absolute Gasteiger partial charge is 0.308 e. The van der Waals surface area contributed by atoms with E-state index in [1.54, 1.807) is 34.9 Å². The molecular weight excluding hydrogens is 298 g/mol. The maximum absolute atomic E-state index is 12.4. The van der Waals surface area contributed by atoms with E-state index in [-0.39, 0.29) is 24.2 Å². The van der Waals surface area contributed by atoms with Crippen LogP contribution in [0.2, 0.25) is 0 Å². The molecule has 0 fully saturated rings. The molecule has 0 radical (unpaired) electrons. The molecule has 7 nitrogen and oxygen atoms in total. The van der Waals surface area contributed by atoms with Gasteiger partial charge >= 0.3 is 5.97 Å². The van der Waals surface area contributed by atoms with Crippen LogP contribution in [0.15, 0.2) is 0 Å². The van der Waals surface area contributed by atoms with Gasteiger partial charge in [-0.3, -0.25) is 14.4 Å². The summed E-state index contributed by atoms with van der Waals surface area (Å²) in [6.45, 7) is 8.89. The van der Waals surface area contributed by atoms with Gasteiger partial charge in [0.15, 0.2) is 0 Å². The average molecular weight is 329 g/mol. The highest BCUT2D eigenvalue weighted by atomic mass is 16.6. The zero-order valence-electron chi connectivity index (χ0n) is 15.5. The van der Waals surface area contributed by atoms with Gasteiger partial charge in [-0.2, -0.15) is 0 Å². The fourth-order valence-electron chi connectivity index (χ4n) is 1.90. The summed E-state index contributed by atoms with van der Waals surface area (Å²) in [5, 5.41) is 0. The number of hydrogen-bond donors (Lipinski definition) is 1. The first-order valence-corrected chi connectivity index (χ1v) is 7.73. The van der Waals surface area contributed by atoms with E-state index in [0.29, 0.717) is 0 Å². The molecule has 0 aliphatic heterocycles.